The number of thiazole rings is 1. The van der Waals surface area contributed by atoms with Crippen LogP contribution in [0.5, 0.6) is 0 Å². The van der Waals surface area contributed by atoms with Crippen LogP contribution in [0, 0.1) is 13.8 Å². The fourth-order valence-electron chi connectivity index (χ4n) is 1.73. The van der Waals surface area contributed by atoms with Crippen molar-refractivity contribution in [3.05, 3.63) is 28.0 Å². The third kappa shape index (κ3) is 2.66. The average Bonchev–Trinajstić information content (AvgIpc) is 2.85. The van der Waals surface area contributed by atoms with Crippen LogP contribution in [0.4, 0.5) is 5.95 Å². The van der Waals surface area contributed by atoms with E-state index in [9.17, 15) is 0 Å². The molecule has 2 aromatic rings. The van der Waals surface area contributed by atoms with Crippen molar-refractivity contribution >= 4 is 17.3 Å². The fraction of sp³-hybridized carbons (Fsp3) is 0.500. The van der Waals surface area contributed by atoms with Gasteiger partial charge in [0.15, 0.2) is 0 Å². The zero-order valence-corrected chi connectivity index (χ0v) is 11.5. The number of rotatable bonds is 4. The highest BCUT2D eigenvalue weighted by Gasteiger charge is 2.12. The van der Waals surface area contributed by atoms with Crippen LogP contribution in [0.3, 0.4) is 0 Å². The van der Waals surface area contributed by atoms with E-state index in [1.165, 1.54) is 0 Å². The molecule has 2 heterocycles. The molecular formula is C12H18N4S. The van der Waals surface area contributed by atoms with E-state index in [0.717, 1.165) is 28.9 Å². The van der Waals surface area contributed by atoms with Crippen LogP contribution >= 0.6 is 11.3 Å². The van der Waals surface area contributed by atoms with Crippen LogP contribution in [0.25, 0.3) is 0 Å². The highest BCUT2D eigenvalue weighted by atomic mass is 32.1. The summed E-state index contributed by atoms with van der Waals surface area (Å²) < 4.78 is 2.12. The number of aromatic nitrogens is 3. The third-order valence-corrected chi connectivity index (χ3v) is 3.74. The summed E-state index contributed by atoms with van der Waals surface area (Å²) in [6.07, 6.45) is 2.06. The number of aryl methyl sites for hydroxylation is 3. The molecule has 0 aromatic carbocycles. The Kier molecular flexibility index (Phi) is 3.47. The van der Waals surface area contributed by atoms with E-state index in [0.29, 0.717) is 0 Å². The van der Waals surface area contributed by atoms with E-state index in [2.05, 4.69) is 45.3 Å². The zero-order valence-electron chi connectivity index (χ0n) is 10.7. The van der Waals surface area contributed by atoms with Crippen LogP contribution < -0.4 is 5.32 Å². The number of hydrogen-bond acceptors (Lipinski definition) is 4. The van der Waals surface area contributed by atoms with Crippen molar-refractivity contribution < 1.29 is 0 Å². The molecule has 0 aliphatic heterocycles. The highest BCUT2D eigenvalue weighted by molar-refractivity contribution is 7.09. The van der Waals surface area contributed by atoms with Gasteiger partial charge in [0.05, 0.1) is 11.7 Å². The summed E-state index contributed by atoms with van der Waals surface area (Å²) in [5.41, 5.74) is 2.12. The Balaban J connectivity index is 2.14. The minimum Gasteiger partial charge on any atom is -0.347 e. The Morgan fingerprint density at radius 1 is 1.35 bits per heavy atom. The maximum atomic E-state index is 4.49. The van der Waals surface area contributed by atoms with Crippen LogP contribution in [0.15, 0.2) is 11.6 Å². The van der Waals surface area contributed by atoms with Crippen molar-refractivity contribution in [2.24, 2.45) is 0 Å². The summed E-state index contributed by atoms with van der Waals surface area (Å²) in [5, 5.41) is 6.59. The van der Waals surface area contributed by atoms with Gasteiger partial charge in [0.1, 0.15) is 5.01 Å². The number of imidazole rings is 1. The lowest BCUT2D eigenvalue weighted by molar-refractivity contribution is 0.741. The summed E-state index contributed by atoms with van der Waals surface area (Å²) in [6.45, 7) is 9.18. The second-order valence-electron chi connectivity index (χ2n) is 4.19. The maximum Gasteiger partial charge on any atom is 0.203 e. The van der Waals surface area contributed by atoms with Gasteiger partial charge in [0.25, 0.3) is 0 Å². The van der Waals surface area contributed by atoms with E-state index in [1.807, 2.05) is 13.8 Å². The first kappa shape index (κ1) is 12.1. The van der Waals surface area contributed by atoms with Crippen LogP contribution in [-0.2, 0) is 6.54 Å². The van der Waals surface area contributed by atoms with E-state index in [1.54, 1.807) is 11.3 Å². The minimum atomic E-state index is 0.195. The molecule has 0 bridgehead atoms. The number of anilines is 1. The largest absolute Gasteiger partial charge is 0.347 e. The van der Waals surface area contributed by atoms with Crippen LogP contribution in [0.2, 0.25) is 0 Å². The van der Waals surface area contributed by atoms with Crippen molar-refractivity contribution in [3.63, 3.8) is 0 Å². The minimum absolute atomic E-state index is 0.195. The first-order valence-corrected chi connectivity index (χ1v) is 6.70. The smallest absolute Gasteiger partial charge is 0.203 e. The first-order valence-electron chi connectivity index (χ1n) is 5.82. The van der Waals surface area contributed by atoms with Crippen molar-refractivity contribution in [1.29, 1.82) is 0 Å². The molecular weight excluding hydrogens is 232 g/mol. The van der Waals surface area contributed by atoms with Crippen molar-refractivity contribution in [1.82, 2.24) is 14.5 Å². The van der Waals surface area contributed by atoms with E-state index >= 15 is 0 Å². The maximum absolute atomic E-state index is 4.49. The van der Waals surface area contributed by atoms with Gasteiger partial charge in [-0.05, 0) is 27.7 Å². The molecule has 0 aliphatic carbocycles. The molecule has 4 nitrogen and oxygen atoms in total. The highest BCUT2D eigenvalue weighted by Crippen LogP contribution is 2.22. The summed E-state index contributed by atoms with van der Waals surface area (Å²) in [5.74, 6) is 0.922. The predicted molar refractivity (Wildman–Crippen MR) is 71.5 cm³/mol. The zero-order chi connectivity index (χ0) is 12.4. The van der Waals surface area contributed by atoms with E-state index in [4.69, 9.17) is 0 Å². The molecule has 17 heavy (non-hydrogen) atoms. The summed E-state index contributed by atoms with van der Waals surface area (Å²) in [7, 11) is 0. The second-order valence-corrected chi connectivity index (χ2v) is 5.07. The van der Waals surface area contributed by atoms with Crippen LogP contribution in [0.1, 0.15) is 36.3 Å². The van der Waals surface area contributed by atoms with Crippen molar-refractivity contribution in [2.75, 3.05) is 5.32 Å². The molecule has 1 atom stereocenters. The monoisotopic (exact) mass is 250 g/mol. The van der Waals surface area contributed by atoms with Gasteiger partial charge >= 0.3 is 0 Å². The van der Waals surface area contributed by atoms with Gasteiger partial charge in [0.2, 0.25) is 5.95 Å². The second kappa shape index (κ2) is 4.87. The standard InChI is InChI=1S/C12H18N4S/c1-5-16-6-8(2)14-12(16)15-10(4)11-13-9(3)7-17-11/h6-7,10H,5H2,1-4H3,(H,14,15). The van der Waals surface area contributed by atoms with Gasteiger partial charge < -0.3 is 9.88 Å². The lowest BCUT2D eigenvalue weighted by Gasteiger charge is -2.12. The molecule has 2 rings (SSSR count). The van der Waals surface area contributed by atoms with Gasteiger partial charge in [-0.25, -0.2) is 9.97 Å². The Morgan fingerprint density at radius 2 is 2.12 bits per heavy atom. The molecule has 1 unspecified atom stereocenters. The molecule has 0 saturated carbocycles. The Morgan fingerprint density at radius 3 is 2.71 bits per heavy atom. The van der Waals surface area contributed by atoms with Gasteiger partial charge in [-0.3, -0.25) is 0 Å². The quantitative estimate of drug-likeness (QED) is 0.906. The van der Waals surface area contributed by atoms with Gasteiger partial charge in [-0.2, -0.15) is 0 Å². The summed E-state index contributed by atoms with van der Waals surface area (Å²) in [4.78, 5) is 8.97. The Bertz CT molecular complexity index is 500. The lowest BCUT2D eigenvalue weighted by Crippen LogP contribution is -2.11. The molecule has 0 amide bonds. The summed E-state index contributed by atoms with van der Waals surface area (Å²) in [6, 6.07) is 0.195. The first-order chi connectivity index (χ1) is 8.10. The SMILES string of the molecule is CCn1cc(C)nc1NC(C)c1nc(C)cs1. The molecule has 5 heteroatoms. The van der Waals surface area contributed by atoms with Crippen molar-refractivity contribution in [2.45, 2.75) is 40.3 Å². The number of nitrogens with zero attached hydrogens (tertiary/aromatic N) is 3. The normalized spacial score (nSPS) is 12.7. The van der Waals surface area contributed by atoms with Gasteiger partial charge in [-0.1, -0.05) is 0 Å². The summed E-state index contributed by atoms with van der Waals surface area (Å²) >= 11 is 1.69. The lowest BCUT2D eigenvalue weighted by atomic mass is 10.3. The molecule has 0 spiro atoms. The number of nitrogens with one attached hydrogen (secondary N) is 1. The molecule has 0 fully saturated rings. The molecule has 0 radical (unpaired) electrons. The molecule has 1 N–H and O–H groups in total. The number of hydrogen-bond donors (Lipinski definition) is 1. The van der Waals surface area contributed by atoms with E-state index in [-0.39, 0.29) is 6.04 Å². The fourth-order valence-corrected chi connectivity index (χ4v) is 2.53. The molecule has 2 aromatic heterocycles. The van der Waals surface area contributed by atoms with Crippen LogP contribution in [-0.4, -0.2) is 14.5 Å². The van der Waals surface area contributed by atoms with Gasteiger partial charge in [-0.15, -0.1) is 11.3 Å². The average molecular weight is 250 g/mol. The Labute approximate surface area is 106 Å². The molecule has 92 valence electrons. The molecule has 0 saturated heterocycles. The predicted octanol–water partition coefficient (Wildman–Crippen LogP) is 3.15. The van der Waals surface area contributed by atoms with Crippen molar-refractivity contribution in [3.8, 4) is 0 Å². The van der Waals surface area contributed by atoms with Gasteiger partial charge in [0, 0.05) is 23.8 Å². The van der Waals surface area contributed by atoms with E-state index < -0.39 is 0 Å². The topological polar surface area (TPSA) is 42.7 Å². The Hall–Kier alpha value is -1.36. The molecule has 0 aliphatic rings. The third-order valence-electron chi connectivity index (χ3n) is 2.59.